The summed E-state index contributed by atoms with van der Waals surface area (Å²) in [6.07, 6.45) is 8.68. The van der Waals surface area contributed by atoms with E-state index in [0.29, 0.717) is 12.1 Å². The van der Waals surface area contributed by atoms with Gasteiger partial charge in [0.1, 0.15) is 0 Å². The third kappa shape index (κ3) is 5.80. The van der Waals surface area contributed by atoms with Gasteiger partial charge in [-0.1, -0.05) is 0 Å². The third-order valence-corrected chi connectivity index (χ3v) is 3.24. The number of rotatable bonds is 9. The van der Waals surface area contributed by atoms with Crippen LogP contribution in [0.3, 0.4) is 0 Å². The monoisotopic (exact) mass is 230 g/mol. The molecule has 1 saturated heterocycles. The topological polar surface area (TPSA) is 56.5 Å². The first-order chi connectivity index (χ1) is 7.86. The van der Waals surface area contributed by atoms with Crippen LogP contribution in [0.1, 0.15) is 44.9 Å². The van der Waals surface area contributed by atoms with E-state index in [0.717, 1.165) is 32.5 Å². The van der Waals surface area contributed by atoms with Crippen molar-refractivity contribution in [2.75, 3.05) is 20.3 Å². The lowest BCUT2D eigenvalue weighted by atomic mass is 10.0. The van der Waals surface area contributed by atoms with Crippen LogP contribution in [0.15, 0.2) is 0 Å². The zero-order chi connectivity index (χ0) is 11.6. The van der Waals surface area contributed by atoms with Crippen LogP contribution in [0, 0.1) is 0 Å². The summed E-state index contributed by atoms with van der Waals surface area (Å²) in [6.45, 7) is 1.78. The zero-order valence-corrected chi connectivity index (χ0v) is 10.4. The maximum Gasteiger partial charge on any atom is 0.0576 e. The standard InChI is InChI=1S/C12H26N2O2/c1-15-9-3-6-11(14-13)5-2-7-12-8-4-10-16-12/h11-12,14H,2-10,13H2,1H3. The molecule has 2 atom stereocenters. The first kappa shape index (κ1) is 13.9. The van der Waals surface area contributed by atoms with E-state index in [-0.39, 0.29) is 0 Å². The minimum Gasteiger partial charge on any atom is -0.385 e. The highest BCUT2D eigenvalue weighted by Gasteiger charge is 2.15. The SMILES string of the molecule is COCCCC(CCCC1CCCO1)NN. The van der Waals surface area contributed by atoms with Gasteiger partial charge in [-0.25, -0.2) is 0 Å². The molecule has 1 aliphatic heterocycles. The van der Waals surface area contributed by atoms with Crippen LogP contribution >= 0.6 is 0 Å². The molecule has 4 heteroatoms. The van der Waals surface area contributed by atoms with Crippen molar-refractivity contribution < 1.29 is 9.47 Å². The summed E-state index contributed by atoms with van der Waals surface area (Å²) in [4.78, 5) is 0. The predicted molar refractivity (Wildman–Crippen MR) is 65.0 cm³/mol. The van der Waals surface area contributed by atoms with E-state index in [1.54, 1.807) is 7.11 Å². The van der Waals surface area contributed by atoms with Gasteiger partial charge < -0.3 is 9.47 Å². The average Bonchev–Trinajstić information content (AvgIpc) is 2.80. The lowest BCUT2D eigenvalue weighted by molar-refractivity contribution is 0.101. The Labute approximate surface area is 98.8 Å². The molecular formula is C12H26N2O2. The Kier molecular flexibility index (Phi) is 7.76. The first-order valence-electron chi connectivity index (χ1n) is 6.43. The van der Waals surface area contributed by atoms with Gasteiger partial charge in [0.05, 0.1) is 6.10 Å². The number of nitrogens with one attached hydrogen (secondary N) is 1. The summed E-state index contributed by atoms with van der Waals surface area (Å²) < 4.78 is 10.6. The second-order valence-corrected chi connectivity index (χ2v) is 4.56. The quantitative estimate of drug-likeness (QED) is 0.359. The normalized spacial score (nSPS) is 22.5. The summed E-state index contributed by atoms with van der Waals surface area (Å²) in [7, 11) is 1.74. The summed E-state index contributed by atoms with van der Waals surface area (Å²) in [5.41, 5.74) is 2.89. The summed E-state index contributed by atoms with van der Waals surface area (Å²) >= 11 is 0. The number of ether oxygens (including phenoxy) is 2. The maximum atomic E-state index is 5.60. The fraction of sp³-hybridized carbons (Fsp3) is 1.00. The molecule has 4 nitrogen and oxygen atoms in total. The van der Waals surface area contributed by atoms with Crippen molar-refractivity contribution in [3.05, 3.63) is 0 Å². The summed E-state index contributed by atoms with van der Waals surface area (Å²) in [5, 5.41) is 0. The number of hydrazine groups is 1. The van der Waals surface area contributed by atoms with E-state index in [4.69, 9.17) is 15.3 Å². The van der Waals surface area contributed by atoms with Crippen LogP contribution in [-0.4, -0.2) is 32.5 Å². The molecule has 0 radical (unpaired) electrons. The van der Waals surface area contributed by atoms with E-state index in [9.17, 15) is 0 Å². The highest BCUT2D eigenvalue weighted by molar-refractivity contribution is 4.68. The van der Waals surface area contributed by atoms with Crippen molar-refractivity contribution in [2.45, 2.75) is 57.1 Å². The number of methoxy groups -OCH3 is 1. The van der Waals surface area contributed by atoms with E-state index >= 15 is 0 Å². The molecule has 16 heavy (non-hydrogen) atoms. The minimum absolute atomic E-state index is 0.427. The Balaban J connectivity index is 1.99. The van der Waals surface area contributed by atoms with Crippen molar-refractivity contribution in [1.82, 2.24) is 5.43 Å². The number of nitrogens with two attached hydrogens (primary N) is 1. The molecule has 0 aromatic heterocycles. The van der Waals surface area contributed by atoms with Gasteiger partial charge in [-0.3, -0.25) is 11.3 Å². The first-order valence-corrected chi connectivity index (χ1v) is 6.43. The Hall–Kier alpha value is -0.160. The molecule has 1 rings (SSSR count). The lowest BCUT2D eigenvalue weighted by Gasteiger charge is -2.16. The maximum absolute atomic E-state index is 5.60. The zero-order valence-electron chi connectivity index (χ0n) is 10.4. The van der Waals surface area contributed by atoms with Crippen LogP contribution in [0.5, 0.6) is 0 Å². The van der Waals surface area contributed by atoms with Gasteiger partial charge in [-0.05, 0) is 44.9 Å². The summed E-state index contributed by atoms with van der Waals surface area (Å²) in [6, 6.07) is 0.427. The van der Waals surface area contributed by atoms with Gasteiger partial charge >= 0.3 is 0 Å². The Morgan fingerprint density at radius 1 is 1.44 bits per heavy atom. The van der Waals surface area contributed by atoms with Crippen molar-refractivity contribution in [2.24, 2.45) is 5.84 Å². The molecule has 0 amide bonds. The van der Waals surface area contributed by atoms with E-state index in [1.807, 2.05) is 0 Å². The highest BCUT2D eigenvalue weighted by atomic mass is 16.5. The van der Waals surface area contributed by atoms with Gasteiger partial charge in [0.15, 0.2) is 0 Å². The fourth-order valence-electron chi connectivity index (χ4n) is 2.25. The molecule has 0 aromatic carbocycles. The second kappa shape index (κ2) is 8.93. The lowest BCUT2D eigenvalue weighted by Crippen LogP contribution is -2.35. The van der Waals surface area contributed by atoms with Gasteiger partial charge in [-0.2, -0.15) is 0 Å². The minimum atomic E-state index is 0.427. The Morgan fingerprint density at radius 2 is 2.25 bits per heavy atom. The van der Waals surface area contributed by atoms with Crippen LogP contribution < -0.4 is 11.3 Å². The van der Waals surface area contributed by atoms with E-state index in [1.165, 1.54) is 25.7 Å². The van der Waals surface area contributed by atoms with Crippen molar-refractivity contribution >= 4 is 0 Å². The van der Waals surface area contributed by atoms with E-state index < -0.39 is 0 Å². The third-order valence-electron chi connectivity index (χ3n) is 3.24. The molecular weight excluding hydrogens is 204 g/mol. The molecule has 2 unspecified atom stereocenters. The van der Waals surface area contributed by atoms with Gasteiger partial charge in [0, 0.05) is 26.4 Å². The number of hydrogen-bond donors (Lipinski definition) is 2. The fourth-order valence-corrected chi connectivity index (χ4v) is 2.25. The van der Waals surface area contributed by atoms with Crippen molar-refractivity contribution in [1.29, 1.82) is 0 Å². The van der Waals surface area contributed by atoms with Gasteiger partial charge in [-0.15, -0.1) is 0 Å². The molecule has 0 bridgehead atoms. The smallest absolute Gasteiger partial charge is 0.0576 e. The molecule has 0 aliphatic carbocycles. The largest absolute Gasteiger partial charge is 0.385 e. The van der Waals surface area contributed by atoms with Crippen molar-refractivity contribution in [3.63, 3.8) is 0 Å². The van der Waals surface area contributed by atoms with Crippen molar-refractivity contribution in [3.8, 4) is 0 Å². The molecule has 3 N–H and O–H groups in total. The molecule has 1 fully saturated rings. The van der Waals surface area contributed by atoms with Gasteiger partial charge in [0.2, 0.25) is 0 Å². The molecule has 0 saturated carbocycles. The second-order valence-electron chi connectivity index (χ2n) is 4.56. The van der Waals surface area contributed by atoms with E-state index in [2.05, 4.69) is 5.43 Å². The molecule has 1 heterocycles. The van der Waals surface area contributed by atoms with Gasteiger partial charge in [0.25, 0.3) is 0 Å². The van der Waals surface area contributed by atoms with Crippen LogP contribution in [0.4, 0.5) is 0 Å². The summed E-state index contributed by atoms with van der Waals surface area (Å²) in [5.74, 6) is 5.53. The molecule has 0 aromatic rings. The molecule has 1 aliphatic rings. The van der Waals surface area contributed by atoms with Crippen LogP contribution in [0.2, 0.25) is 0 Å². The molecule has 0 spiro atoms. The molecule has 96 valence electrons. The van der Waals surface area contributed by atoms with Crippen LogP contribution in [0.25, 0.3) is 0 Å². The number of hydrogen-bond acceptors (Lipinski definition) is 4. The van der Waals surface area contributed by atoms with Crippen LogP contribution in [-0.2, 0) is 9.47 Å². The predicted octanol–water partition coefficient (Wildman–Crippen LogP) is 1.59. The Morgan fingerprint density at radius 3 is 2.88 bits per heavy atom. The highest BCUT2D eigenvalue weighted by Crippen LogP contribution is 2.18. The average molecular weight is 230 g/mol. The Bertz CT molecular complexity index is 161.